The van der Waals surface area contributed by atoms with Crippen LogP contribution in [0.5, 0.6) is 17.4 Å². The van der Waals surface area contributed by atoms with Crippen molar-refractivity contribution in [2.24, 2.45) is 11.8 Å². The van der Waals surface area contributed by atoms with E-state index in [1.54, 1.807) is 20.2 Å². The van der Waals surface area contributed by atoms with E-state index < -0.39 is 50.2 Å². The van der Waals surface area contributed by atoms with E-state index in [1.165, 1.54) is 4.90 Å². The molecule has 3 fully saturated rings. The predicted molar refractivity (Wildman–Crippen MR) is 204 cm³/mol. The summed E-state index contributed by atoms with van der Waals surface area (Å²) in [5.74, 6) is -0.314. The zero-order valence-corrected chi connectivity index (χ0v) is 32.9. The number of fused-ring (bicyclic) bond motifs is 1. The van der Waals surface area contributed by atoms with Gasteiger partial charge in [0.25, 0.3) is 5.91 Å². The molecule has 3 aliphatic rings. The molecule has 3 aromatic rings. The molecule has 0 bridgehead atoms. The molecule has 0 spiro atoms. The quantitative estimate of drug-likeness (QED) is 0.194. The van der Waals surface area contributed by atoms with Crippen LogP contribution in [0.2, 0.25) is 0 Å². The van der Waals surface area contributed by atoms with Gasteiger partial charge in [-0.05, 0) is 94.2 Å². The van der Waals surface area contributed by atoms with E-state index in [9.17, 15) is 22.8 Å². The first kappa shape index (κ1) is 39.0. The fraction of sp³-hybridized carbons (Fsp3) is 0.525. The molecular weight excluding hydrogens is 711 g/mol. The van der Waals surface area contributed by atoms with Crippen LogP contribution >= 0.6 is 0 Å². The topological polar surface area (TPSA) is 166 Å². The van der Waals surface area contributed by atoms with Crippen molar-refractivity contribution < 1.29 is 37.0 Å². The normalized spacial score (nSPS) is 23.1. The minimum absolute atomic E-state index is 0.00781. The average molecular weight is 762 g/mol. The molecule has 2 aliphatic carbocycles. The molecule has 1 aliphatic heterocycles. The SMILES string of the molecule is CC/C=C\[C@@H]1C[C@]1(NC(=O)[C@@H]1C[C@@H](Oc2nc(-c3ccc(OC(C)C)cn3)cc3cc(OC)ccc23)CN1C(=O)CC(C)C)C(=O)NS(=O)(=O)C1(C)CC1. The summed E-state index contributed by atoms with van der Waals surface area (Å²) in [5.41, 5.74) is -0.319. The molecule has 0 radical (unpaired) electrons. The van der Waals surface area contributed by atoms with Crippen molar-refractivity contribution in [1.29, 1.82) is 0 Å². The fourth-order valence-electron chi connectivity index (χ4n) is 6.82. The Kier molecular flexibility index (Phi) is 11.0. The van der Waals surface area contributed by atoms with Crippen LogP contribution in [0.1, 0.15) is 80.1 Å². The molecule has 2 aromatic heterocycles. The number of hydrogen-bond donors (Lipinski definition) is 2. The second-order valence-corrected chi connectivity index (χ2v) is 17.8. The summed E-state index contributed by atoms with van der Waals surface area (Å²) >= 11 is 0. The van der Waals surface area contributed by atoms with Crippen molar-refractivity contribution in [1.82, 2.24) is 24.9 Å². The largest absolute Gasteiger partial charge is 0.497 e. The number of carbonyl (C=O) groups excluding carboxylic acids is 3. The van der Waals surface area contributed by atoms with Crippen LogP contribution in [0.4, 0.5) is 0 Å². The summed E-state index contributed by atoms with van der Waals surface area (Å²) in [6, 6.07) is 10.1. The van der Waals surface area contributed by atoms with Crippen LogP contribution < -0.4 is 24.2 Å². The Morgan fingerprint density at radius 1 is 1.06 bits per heavy atom. The van der Waals surface area contributed by atoms with Crippen molar-refractivity contribution in [3.63, 3.8) is 0 Å². The highest BCUT2D eigenvalue weighted by molar-refractivity contribution is 7.91. The molecule has 2 N–H and O–H groups in total. The van der Waals surface area contributed by atoms with Gasteiger partial charge in [0, 0.05) is 24.1 Å². The molecule has 14 heteroatoms. The highest BCUT2D eigenvalue weighted by atomic mass is 32.2. The lowest BCUT2D eigenvalue weighted by atomic mass is 10.1. The van der Waals surface area contributed by atoms with Crippen LogP contribution in [-0.2, 0) is 24.4 Å². The number of amides is 3. The lowest BCUT2D eigenvalue weighted by Gasteiger charge is -2.27. The number of carbonyl (C=O) groups is 3. The van der Waals surface area contributed by atoms with Gasteiger partial charge in [-0.3, -0.25) is 24.1 Å². The third-order valence-corrected chi connectivity index (χ3v) is 12.5. The van der Waals surface area contributed by atoms with E-state index in [4.69, 9.17) is 19.2 Å². The van der Waals surface area contributed by atoms with Crippen LogP contribution in [0.25, 0.3) is 22.2 Å². The highest BCUT2D eigenvalue weighted by Crippen LogP contribution is 2.47. The number of aromatic nitrogens is 2. The van der Waals surface area contributed by atoms with Gasteiger partial charge in [-0.1, -0.05) is 32.9 Å². The van der Waals surface area contributed by atoms with Crippen molar-refractivity contribution >= 4 is 38.5 Å². The monoisotopic (exact) mass is 761 g/mol. The van der Waals surface area contributed by atoms with Gasteiger partial charge in [-0.15, -0.1) is 0 Å². The maximum Gasteiger partial charge on any atom is 0.259 e. The second kappa shape index (κ2) is 15.2. The van der Waals surface area contributed by atoms with E-state index in [2.05, 4.69) is 15.0 Å². The van der Waals surface area contributed by atoms with Crippen molar-refractivity contribution in [2.75, 3.05) is 13.7 Å². The van der Waals surface area contributed by atoms with E-state index in [-0.39, 0.29) is 43.7 Å². The molecule has 13 nitrogen and oxygen atoms in total. The van der Waals surface area contributed by atoms with Crippen molar-refractivity contribution in [3.8, 4) is 28.8 Å². The van der Waals surface area contributed by atoms with Crippen molar-refractivity contribution in [2.45, 2.75) is 109 Å². The lowest BCUT2D eigenvalue weighted by molar-refractivity contribution is -0.140. The van der Waals surface area contributed by atoms with Crippen LogP contribution in [0.3, 0.4) is 0 Å². The summed E-state index contributed by atoms with van der Waals surface area (Å²) in [6.45, 7) is 11.4. The molecule has 290 valence electrons. The van der Waals surface area contributed by atoms with Gasteiger partial charge in [-0.25, -0.2) is 13.4 Å². The molecule has 6 rings (SSSR count). The third-order valence-electron chi connectivity index (χ3n) is 10.3. The maximum absolute atomic E-state index is 14.3. The van der Waals surface area contributed by atoms with E-state index in [0.29, 0.717) is 53.4 Å². The summed E-state index contributed by atoms with van der Waals surface area (Å²) < 4.78 is 45.3. The Balaban J connectivity index is 1.29. The molecule has 3 heterocycles. The second-order valence-electron chi connectivity index (χ2n) is 15.6. The van der Waals surface area contributed by atoms with Crippen LogP contribution in [-0.4, -0.2) is 83.2 Å². The Labute approximate surface area is 317 Å². The predicted octanol–water partition coefficient (Wildman–Crippen LogP) is 5.33. The number of sulfonamides is 1. The first-order chi connectivity index (χ1) is 25.6. The van der Waals surface area contributed by atoms with Gasteiger partial charge < -0.3 is 24.4 Å². The standard InChI is InChI=1S/C40H51N5O8S/c1-8-9-10-27-21-40(27,38(48)44-54(49,50)39(6)15-16-39)43-36(47)34-20-30(23-45(34)35(46)17-24(2)3)53-37-31-13-11-28(51-7)18-26(31)19-33(42-37)32-14-12-29(22-41-32)52-25(4)5/h9-14,18-19,22,24-25,27,30,34H,8,15-17,20-21,23H2,1-7H3,(H,43,47)(H,44,48)/b10-9-/t27-,30-,34+,40-/m1/s1. The third kappa shape index (κ3) is 8.18. The van der Waals surface area contributed by atoms with Gasteiger partial charge >= 0.3 is 0 Å². The number of nitrogens with one attached hydrogen (secondary N) is 2. The Morgan fingerprint density at radius 3 is 2.43 bits per heavy atom. The summed E-state index contributed by atoms with van der Waals surface area (Å²) in [5, 5.41) is 4.41. The highest BCUT2D eigenvalue weighted by Gasteiger charge is 2.63. The molecule has 1 aromatic carbocycles. The Bertz CT molecular complexity index is 2050. The van der Waals surface area contributed by atoms with E-state index >= 15 is 0 Å². The van der Waals surface area contributed by atoms with Gasteiger partial charge in [-0.2, -0.15) is 0 Å². The van der Waals surface area contributed by atoms with Crippen LogP contribution in [0.15, 0.2) is 54.7 Å². The van der Waals surface area contributed by atoms with E-state index in [0.717, 1.165) is 5.39 Å². The molecule has 54 heavy (non-hydrogen) atoms. The molecule has 3 amide bonds. The minimum atomic E-state index is -3.95. The summed E-state index contributed by atoms with van der Waals surface area (Å²) in [4.78, 5) is 52.6. The van der Waals surface area contributed by atoms with Crippen LogP contribution in [0, 0.1) is 11.8 Å². The first-order valence-electron chi connectivity index (χ1n) is 18.7. The Morgan fingerprint density at radius 2 is 1.80 bits per heavy atom. The zero-order valence-electron chi connectivity index (χ0n) is 32.0. The summed E-state index contributed by atoms with van der Waals surface area (Å²) in [6.07, 6.45) is 6.94. The Hall–Kier alpha value is -4.72. The zero-order chi connectivity index (χ0) is 39.0. The summed E-state index contributed by atoms with van der Waals surface area (Å²) in [7, 11) is -2.36. The molecule has 1 saturated heterocycles. The number of rotatable bonds is 15. The van der Waals surface area contributed by atoms with Crippen molar-refractivity contribution in [3.05, 3.63) is 54.7 Å². The molecular formula is C40H51N5O8S. The van der Waals surface area contributed by atoms with Gasteiger partial charge in [0.05, 0.1) is 42.1 Å². The van der Waals surface area contributed by atoms with Gasteiger partial charge in [0.15, 0.2) is 0 Å². The maximum atomic E-state index is 14.3. The number of allylic oxidation sites excluding steroid dienone is 1. The fourth-order valence-corrected chi connectivity index (χ4v) is 8.14. The number of benzene rings is 1. The van der Waals surface area contributed by atoms with E-state index in [1.807, 2.05) is 83.2 Å². The number of likely N-dealkylation sites (tertiary alicyclic amines) is 1. The van der Waals surface area contributed by atoms with Gasteiger partial charge in [0.2, 0.25) is 27.7 Å². The number of nitrogens with zero attached hydrogens (tertiary/aromatic N) is 3. The average Bonchev–Trinajstić information content (AvgIpc) is 4.00. The smallest absolute Gasteiger partial charge is 0.259 e. The number of pyridine rings is 2. The molecule has 0 unspecified atom stereocenters. The molecule has 4 atom stereocenters. The number of hydrogen-bond acceptors (Lipinski definition) is 10. The first-order valence-corrected chi connectivity index (χ1v) is 20.2. The number of methoxy groups -OCH3 is 1. The minimum Gasteiger partial charge on any atom is -0.497 e. The van der Waals surface area contributed by atoms with Gasteiger partial charge in [0.1, 0.15) is 29.2 Å². The number of ether oxygens (including phenoxy) is 3. The molecule has 2 saturated carbocycles. The lowest BCUT2D eigenvalue weighted by Crippen LogP contribution is -2.57.